The Balaban J connectivity index is 2.10. The molecule has 1 fully saturated rings. The maximum Gasteiger partial charge on any atom is 0.132 e. The Labute approximate surface area is 104 Å². The molecule has 0 aliphatic heterocycles. The molecule has 1 aliphatic carbocycles. The fourth-order valence-electron chi connectivity index (χ4n) is 1.88. The summed E-state index contributed by atoms with van der Waals surface area (Å²) in [5, 5.41) is 3.53. The van der Waals surface area contributed by atoms with Crippen LogP contribution >= 0.6 is 0 Å². The summed E-state index contributed by atoms with van der Waals surface area (Å²) in [4.78, 5) is 6.85. The zero-order valence-corrected chi connectivity index (χ0v) is 11.3. The Morgan fingerprint density at radius 1 is 1.41 bits per heavy atom. The summed E-state index contributed by atoms with van der Waals surface area (Å²) in [6.07, 6.45) is 4.49. The molecule has 0 spiro atoms. The predicted molar refractivity (Wildman–Crippen MR) is 72.3 cm³/mol. The summed E-state index contributed by atoms with van der Waals surface area (Å²) in [6.45, 7) is 7.44. The minimum Gasteiger partial charge on any atom is -0.356 e. The van der Waals surface area contributed by atoms with Gasteiger partial charge in [-0.05, 0) is 39.7 Å². The van der Waals surface area contributed by atoms with Crippen molar-refractivity contribution in [1.29, 1.82) is 0 Å². The average Bonchev–Trinajstić information content (AvgIpc) is 3.08. The first-order valence-electron chi connectivity index (χ1n) is 6.39. The second kappa shape index (κ2) is 4.65. The van der Waals surface area contributed by atoms with Crippen molar-refractivity contribution in [2.24, 2.45) is 0 Å². The van der Waals surface area contributed by atoms with Crippen molar-refractivity contribution in [2.75, 3.05) is 11.9 Å². The zero-order chi connectivity index (χ0) is 12.5. The normalized spacial score (nSPS) is 16.0. The summed E-state index contributed by atoms with van der Waals surface area (Å²) < 4.78 is 0. The fourth-order valence-corrected chi connectivity index (χ4v) is 1.88. The zero-order valence-electron chi connectivity index (χ0n) is 11.3. The van der Waals surface area contributed by atoms with Crippen molar-refractivity contribution in [3.63, 3.8) is 0 Å². The maximum absolute atomic E-state index is 4.53. The predicted octanol–water partition coefficient (Wildman–Crippen LogP) is 2.57. The van der Waals surface area contributed by atoms with E-state index in [1.165, 1.54) is 18.4 Å². The number of hydrogen-bond donors (Lipinski definition) is 1. The lowest BCUT2D eigenvalue weighted by atomic mass is 10.1. The summed E-state index contributed by atoms with van der Waals surface area (Å²) in [7, 11) is 2.15. The quantitative estimate of drug-likeness (QED) is 0.866. The first kappa shape index (κ1) is 12.4. The van der Waals surface area contributed by atoms with Gasteiger partial charge in [-0.25, -0.2) is 4.98 Å². The highest BCUT2D eigenvalue weighted by atomic mass is 15.2. The van der Waals surface area contributed by atoms with Gasteiger partial charge in [0.2, 0.25) is 0 Å². The van der Waals surface area contributed by atoms with Crippen LogP contribution in [0.4, 0.5) is 5.82 Å². The Bertz CT molecular complexity index is 377. The van der Waals surface area contributed by atoms with Crippen molar-refractivity contribution in [2.45, 2.75) is 51.7 Å². The number of hydrogen-bond acceptors (Lipinski definition) is 3. The molecule has 0 radical (unpaired) electrons. The lowest BCUT2D eigenvalue weighted by molar-refractivity contribution is 0.424. The van der Waals surface area contributed by atoms with Gasteiger partial charge in [0.05, 0.1) is 0 Å². The molecular weight excluding hydrogens is 210 g/mol. The second-order valence-corrected chi connectivity index (χ2v) is 5.93. The molecule has 1 aliphatic rings. The van der Waals surface area contributed by atoms with E-state index >= 15 is 0 Å². The number of pyridine rings is 1. The molecule has 0 amide bonds. The van der Waals surface area contributed by atoms with Gasteiger partial charge in [0, 0.05) is 36.9 Å². The van der Waals surface area contributed by atoms with Crippen molar-refractivity contribution in [3.8, 4) is 0 Å². The van der Waals surface area contributed by atoms with E-state index in [2.05, 4.69) is 49.1 Å². The van der Waals surface area contributed by atoms with Crippen LogP contribution in [0.15, 0.2) is 18.3 Å². The van der Waals surface area contributed by atoms with Crippen LogP contribution in [0.3, 0.4) is 0 Å². The van der Waals surface area contributed by atoms with Gasteiger partial charge in [0.15, 0.2) is 0 Å². The van der Waals surface area contributed by atoms with E-state index in [-0.39, 0.29) is 5.54 Å². The molecule has 0 bridgehead atoms. The van der Waals surface area contributed by atoms with Gasteiger partial charge in [0.25, 0.3) is 0 Å². The van der Waals surface area contributed by atoms with Crippen LogP contribution in [0, 0.1) is 0 Å². The molecule has 17 heavy (non-hydrogen) atoms. The molecule has 1 saturated carbocycles. The molecule has 0 saturated heterocycles. The van der Waals surface area contributed by atoms with Crippen LogP contribution in [0.25, 0.3) is 0 Å². The molecule has 1 aromatic heterocycles. The van der Waals surface area contributed by atoms with E-state index in [1.54, 1.807) is 0 Å². The summed E-state index contributed by atoms with van der Waals surface area (Å²) in [6, 6.07) is 4.89. The number of anilines is 1. The van der Waals surface area contributed by atoms with Crippen molar-refractivity contribution in [1.82, 2.24) is 10.3 Å². The molecule has 1 heterocycles. The van der Waals surface area contributed by atoms with Gasteiger partial charge in [-0.3, -0.25) is 0 Å². The van der Waals surface area contributed by atoms with Crippen LogP contribution < -0.4 is 10.2 Å². The Morgan fingerprint density at radius 2 is 2.12 bits per heavy atom. The Hall–Kier alpha value is -1.09. The molecule has 1 aromatic rings. The van der Waals surface area contributed by atoms with Crippen LogP contribution in [0.2, 0.25) is 0 Å². The third-order valence-corrected chi connectivity index (χ3v) is 3.11. The topological polar surface area (TPSA) is 28.2 Å². The monoisotopic (exact) mass is 233 g/mol. The van der Waals surface area contributed by atoms with E-state index in [0.717, 1.165) is 12.4 Å². The highest BCUT2D eigenvalue weighted by molar-refractivity contribution is 5.48. The van der Waals surface area contributed by atoms with Gasteiger partial charge in [-0.15, -0.1) is 0 Å². The summed E-state index contributed by atoms with van der Waals surface area (Å²) >= 11 is 0. The largest absolute Gasteiger partial charge is 0.356 e. The number of nitrogens with one attached hydrogen (secondary N) is 1. The molecule has 1 N–H and O–H groups in total. The molecule has 0 atom stereocenters. The van der Waals surface area contributed by atoms with Crippen LogP contribution in [-0.2, 0) is 6.54 Å². The molecule has 94 valence electrons. The van der Waals surface area contributed by atoms with E-state index in [4.69, 9.17) is 0 Å². The van der Waals surface area contributed by atoms with Gasteiger partial charge in [-0.1, -0.05) is 6.07 Å². The Morgan fingerprint density at radius 3 is 2.71 bits per heavy atom. The van der Waals surface area contributed by atoms with Crippen molar-refractivity contribution < 1.29 is 0 Å². The molecule has 3 nitrogen and oxygen atoms in total. The highest BCUT2D eigenvalue weighted by Crippen LogP contribution is 2.30. The molecular formula is C14H23N3. The van der Waals surface area contributed by atoms with Gasteiger partial charge in [-0.2, -0.15) is 0 Å². The molecule has 3 heteroatoms. The lowest BCUT2D eigenvalue weighted by Crippen LogP contribution is -2.35. The summed E-state index contributed by atoms with van der Waals surface area (Å²) in [5.74, 6) is 1.13. The van der Waals surface area contributed by atoms with Crippen molar-refractivity contribution in [3.05, 3.63) is 23.9 Å². The van der Waals surface area contributed by atoms with Crippen molar-refractivity contribution >= 4 is 5.82 Å². The first-order chi connectivity index (χ1) is 7.97. The standard InChI is InChI=1S/C14H23N3/c1-14(2,3)16-10-11-6-5-9-15-13(11)17(4)12-7-8-12/h5-6,9,12,16H,7-8,10H2,1-4H3. The minimum absolute atomic E-state index is 0.144. The lowest BCUT2D eigenvalue weighted by Gasteiger charge is -2.24. The molecule has 2 rings (SSSR count). The van der Waals surface area contributed by atoms with Gasteiger partial charge < -0.3 is 10.2 Å². The number of rotatable bonds is 4. The van der Waals surface area contributed by atoms with Crippen LogP contribution in [0.1, 0.15) is 39.2 Å². The summed E-state index contributed by atoms with van der Waals surface area (Å²) in [5.41, 5.74) is 1.43. The SMILES string of the molecule is CN(c1ncccc1CNC(C)(C)C)C1CC1. The second-order valence-electron chi connectivity index (χ2n) is 5.93. The van der Waals surface area contributed by atoms with E-state index in [1.807, 2.05) is 12.3 Å². The van der Waals surface area contributed by atoms with Crippen LogP contribution in [0.5, 0.6) is 0 Å². The fraction of sp³-hybridized carbons (Fsp3) is 0.643. The smallest absolute Gasteiger partial charge is 0.132 e. The minimum atomic E-state index is 0.144. The van der Waals surface area contributed by atoms with Gasteiger partial charge >= 0.3 is 0 Å². The average molecular weight is 233 g/mol. The van der Waals surface area contributed by atoms with Gasteiger partial charge in [0.1, 0.15) is 5.82 Å². The molecule has 0 aromatic carbocycles. The number of aromatic nitrogens is 1. The van der Waals surface area contributed by atoms with E-state index in [0.29, 0.717) is 6.04 Å². The number of nitrogens with zero attached hydrogens (tertiary/aromatic N) is 2. The highest BCUT2D eigenvalue weighted by Gasteiger charge is 2.28. The van der Waals surface area contributed by atoms with E-state index in [9.17, 15) is 0 Å². The van der Waals surface area contributed by atoms with E-state index < -0.39 is 0 Å². The molecule has 0 unspecified atom stereocenters. The Kier molecular flexibility index (Phi) is 3.38. The third kappa shape index (κ3) is 3.43. The third-order valence-electron chi connectivity index (χ3n) is 3.11. The maximum atomic E-state index is 4.53. The van der Waals surface area contributed by atoms with Crippen LogP contribution in [-0.4, -0.2) is 23.6 Å². The first-order valence-corrected chi connectivity index (χ1v) is 6.39.